The van der Waals surface area contributed by atoms with E-state index in [4.69, 9.17) is 0 Å². The number of likely N-dealkylation sites (tertiary alicyclic amines) is 1. The van der Waals surface area contributed by atoms with Crippen LogP contribution >= 0.6 is 11.3 Å². The predicted octanol–water partition coefficient (Wildman–Crippen LogP) is 2.71. The molecule has 0 aliphatic carbocycles. The molecule has 7 heteroatoms. The molecule has 0 aromatic carbocycles. The molecule has 1 aliphatic heterocycles. The number of thiazole rings is 1. The summed E-state index contributed by atoms with van der Waals surface area (Å²) in [5.74, 6) is -0.426. The van der Waals surface area contributed by atoms with Crippen LogP contribution < -0.4 is 5.32 Å². The fraction of sp³-hybridized carbons (Fsp3) is 0.412. The molecule has 0 spiro atoms. The van der Waals surface area contributed by atoms with Crippen molar-refractivity contribution < 1.29 is 9.59 Å². The number of carbonyl (C=O) groups excluding carboxylic acids is 2. The van der Waals surface area contributed by atoms with E-state index in [2.05, 4.69) is 15.3 Å². The van der Waals surface area contributed by atoms with Crippen LogP contribution in [0.4, 0.5) is 5.13 Å². The number of carbonyl (C=O) groups is 2. The highest BCUT2D eigenvalue weighted by molar-refractivity contribution is 7.19. The molecule has 2 aromatic rings. The third-order valence-electron chi connectivity index (χ3n) is 4.08. The normalized spacial score (nSPS) is 17.6. The van der Waals surface area contributed by atoms with Crippen LogP contribution in [0, 0.1) is 12.8 Å². The summed E-state index contributed by atoms with van der Waals surface area (Å²) in [4.78, 5) is 35.8. The number of rotatable bonds is 4. The van der Waals surface area contributed by atoms with E-state index >= 15 is 0 Å². The summed E-state index contributed by atoms with van der Waals surface area (Å²) in [6.45, 7) is 6.29. The Morgan fingerprint density at radius 3 is 2.83 bits per heavy atom. The van der Waals surface area contributed by atoms with Crippen LogP contribution in [0.25, 0.3) is 10.6 Å². The zero-order valence-corrected chi connectivity index (χ0v) is 14.8. The van der Waals surface area contributed by atoms with Gasteiger partial charge in [0.2, 0.25) is 11.8 Å². The lowest BCUT2D eigenvalue weighted by atomic mass is 10.1. The van der Waals surface area contributed by atoms with Gasteiger partial charge in [-0.05, 0) is 32.9 Å². The molecule has 24 heavy (non-hydrogen) atoms. The summed E-state index contributed by atoms with van der Waals surface area (Å²) >= 11 is 1.40. The smallest absolute Gasteiger partial charge is 0.231 e. The number of nitrogens with zero attached hydrogens (tertiary/aromatic N) is 3. The molecule has 1 saturated heterocycles. The molecule has 3 rings (SSSR count). The summed E-state index contributed by atoms with van der Waals surface area (Å²) in [5.41, 5.74) is 1.68. The van der Waals surface area contributed by atoms with Crippen molar-refractivity contribution in [2.75, 3.05) is 11.9 Å². The number of aryl methyl sites for hydroxylation is 1. The van der Waals surface area contributed by atoms with Crippen molar-refractivity contribution >= 4 is 28.3 Å². The maximum absolute atomic E-state index is 12.4. The molecule has 1 N–H and O–H groups in total. The largest absolute Gasteiger partial charge is 0.339 e. The van der Waals surface area contributed by atoms with Crippen LogP contribution in [0.5, 0.6) is 0 Å². The molecular formula is C17H20N4O2S. The van der Waals surface area contributed by atoms with Crippen molar-refractivity contribution in [1.82, 2.24) is 14.9 Å². The molecule has 0 unspecified atom stereocenters. The molecule has 2 amide bonds. The number of aromatic nitrogens is 2. The van der Waals surface area contributed by atoms with E-state index in [1.165, 1.54) is 11.3 Å². The van der Waals surface area contributed by atoms with E-state index in [0.29, 0.717) is 11.7 Å². The number of hydrogen-bond donors (Lipinski definition) is 1. The highest BCUT2D eigenvalue weighted by Gasteiger charge is 2.35. The number of pyridine rings is 1. The van der Waals surface area contributed by atoms with Gasteiger partial charge in [0.1, 0.15) is 0 Å². The lowest BCUT2D eigenvalue weighted by Gasteiger charge is -2.20. The highest BCUT2D eigenvalue weighted by atomic mass is 32.1. The van der Waals surface area contributed by atoms with Gasteiger partial charge in [0.25, 0.3) is 0 Å². The van der Waals surface area contributed by atoms with Crippen molar-refractivity contribution in [2.24, 2.45) is 5.92 Å². The maximum Gasteiger partial charge on any atom is 0.231 e. The Kier molecular flexibility index (Phi) is 4.62. The van der Waals surface area contributed by atoms with Gasteiger partial charge >= 0.3 is 0 Å². The lowest BCUT2D eigenvalue weighted by Crippen LogP contribution is -2.33. The molecule has 6 nitrogen and oxygen atoms in total. The summed E-state index contributed by atoms with van der Waals surface area (Å²) in [5, 5.41) is 3.41. The van der Waals surface area contributed by atoms with Crippen LogP contribution in [0.2, 0.25) is 0 Å². The van der Waals surface area contributed by atoms with Crippen molar-refractivity contribution in [3.05, 3.63) is 30.1 Å². The molecule has 2 aromatic heterocycles. The zero-order chi connectivity index (χ0) is 17.3. The number of amides is 2. The van der Waals surface area contributed by atoms with Crippen molar-refractivity contribution in [3.63, 3.8) is 0 Å². The second kappa shape index (κ2) is 6.68. The lowest BCUT2D eigenvalue weighted by molar-refractivity contribution is -0.129. The van der Waals surface area contributed by atoms with Gasteiger partial charge in [-0.2, -0.15) is 0 Å². The Labute approximate surface area is 144 Å². The number of anilines is 1. The summed E-state index contributed by atoms with van der Waals surface area (Å²) in [6, 6.07) is 5.82. The molecule has 0 saturated carbocycles. The summed E-state index contributed by atoms with van der Waals surface area (Å²) in [6.07, 6.45) is 2.00. The van der Waals surface area contributed by atoms with Crippen molar-refractivity contribution in [2.45, 2.75) is 33.2 Å². The third kappa shape index (κ3) is 3.31. The first-order valence-electron chi connectivity index (χ1n) is 7.95. The Bertz CT molecular complexity index is 757. The van der Waals surface area contributed by atoms with E-state index in [0.717, 1.165) is 16.3 Å². The van der Waals surface area contributed by atoms with E-state index < -0.39 is 0 Å². The molecule has 1 fully saturated rings. The Morgan fingerprint density at radius 2 is 2.21 bits per heavy atom. The zero-order valence-electron chi connectivity index (χ0n) is 13.9. The van der Waals surface area contributed by atoms with Gasteiger partial charge in [-0.25, -0.2) is 4.98 Å². The van der Waals surface area contributed by atoms with Crippen LogP contribution in [-0.4, -0.2) is 39.3 Å². The van der Waals surface area contributed by atoms with E-state index in [1.54, 1.807) is 11.1 Å². The number of nitrogens with one attached hydrogen (secondary N) is 1. The first-order valence-corrected chi connectivity index (χ1v) is 8.76. The SMILES string of the molecule is Cc1nc(NC(=O)[C@H]2CC(=O)N(C(C)C)C2)sc1-c1ccccn1. The van der Waals surface area contributed by atoms with Crippen LogP contribution in [-0.2, 0) is 9.59 Å². The van der Waals surface area contributed by atoms with Gasteiger partial charge in [0.15, 0.2) is 5.13 Å². The van der Waals surface area contributed by atoms with Gasteiger partial charge in [-0.15, -0.1) is 0 Å². The van der Waals surface area contributed by atoms with Crippen LogP contribution in [0.15, 0.2) is 24.4 Å². The Morgan fingerprint density at radius 1 is 1.42 bits per heavy atom. The Balaban J connectivity index is 1.71. The van der Waals surface area contributed by atoms with E-state index in [-0.39, 0.29) is 30.2 Å². The first kappa shape index (κ1) is 16.6. The van der Waals surface area contributed by atoms with Crippen LogP contribution in [0.1, 0.15) is 26.0 Å². The van der Waals surface area contributed by atoms with Crippen LogP contribution in [0.3, 0.4) is 0 Å². The van der Waals surface area contributed by atoms with Gasteiger partial charge in [0, 0.05) is 25.2 Å². The average Bonchev–Trinajstić information content (AvgIpc) is 3.11. The molecule has 3 heterocycles. The molecule has 126 valence electrons. The van der Waals surface area contributed by atoms with Gasteiger partial charge in [0.05, 0.1) is 22.2 Å². The average molecular weight is 344 g/mol. The third-order valence-corrected chi connectivity index (χ3v) is 5.17. The molecule has 0 radical (unpaired) electrons. The monoisotopic (exact) mass is 344 g/mol. The predicted molar refractivity (Wildman–Crippen MR) is 93.7 cm³/mol. The van der Waals surface area contributed by atoms with Crippen molar-refractivity contribution in [1.29, 1.82) is 0 Å². The second-order valence-corrected chi connectivity index (χ2v) is 7.18. The molecule has 0 bridgehead atoms. The van der Waals surface area contributed by atoms with Gasteiger partial charge < -0.3 is 10.2 Å². The highest BCUT2D eigenvalue weighted by Crippen LogP contribution is 2.32. The van der Waals surface area contributed by atoms with Crippen molar-refractivity contribution in [3.8, 4) is 10.6 Å². The standard InChI is InChI=1S/C17H20N4O2S/c1-10(2)21-9-12(8-14(21)22)16(23)20-17-19-11(3)15(24-17)13-6-4-5-7-18-13/h4-7,10,12H,8-9H2,1-3H3,(H,19,20,23)/t12-/m0/s1. The minimum absolute atomic E-state index is 0.0367. The first-order chi connectivity index (χ1) is 11.5. The summed E-state index contributed by atoms with van der Waals surface area (Å²) in [7, 11) is 0. The quantitative estimate of drug-likeness (QED) is 0.925. The van der Waals surface area contributed by atoms with Gasteiger partial charge in [-0.1, -0.05) is 17.4 Å². The fourth-order valence-corrected chi connectivity index (χ4v) is 3.74. The molecule has 1 atom stereocenters. The maximum atomic E-state index is 12.4. The number of hydrogen-bond acceptors (Lipinski definition) is 5. The molecular weight excluding hydrogens is 324 g/mol. The van der Waals surface area contributed by atoms with E-state index in [9.17, 15) is 9.59 Å². The Hall–Kier alpha value is -2.28. The fourth-order valence-electron chi connectivity index (χ4n) is 2.80. The minimum atomic E-state index is -0.317. The topological polar surface area (TPSA) is 75.2 Å². The second-order valence-electron chi connectivity index (χ2n) is 6.18. The molecule has 1 aliphatic rings. The van der Waals surface area contributed by atoms with E-state index in [1.807, 2.05) is 39.0 Å². The minimum Gasteiger partial charge on any atom is -0.339 e. The van der Waals surface area contributed by atoms with Gasteiger partial charge in [-0.3, -0.25) is 14.6 Å². The summed E-state index contributed by atoms with van der Waals surface area (Å²) < 4.78 is 0.